The summed E-state index contributed by atoms with van der Waals surface area (Å²) in [6.07, 6.45) is 0.968. The van der Waals surface area contributed by atoms with E-state index >= 15 is 0 Å². The summed E-state index contributed by atoms with van der Waals surface area (Å²) in [5.41, 5.74) is 2.01. The van der Waals surface area contributed by atoms with E-state index in [9.17, 15) is 9.90 Å². The molecule has 0 bridgehead atoms. The highest BCUT2D eigenvalue weighted by Crippen LogP contribution is 2.21. The van der Waals surface area contributed by atoms with E-state index in [1.54, 1.807) is 0 Å². The SMILES string of the molecule is Cc1ccc(CCC(=O)N2CC(CO)OC(C)(C)C2)cc1. The van der Waals surface area contributed by atoms with Gasteiger partial charge < -0.3 is 14.7 Å². The third kappa shape index (κ3) is 4.55. The van der Waals surface area contributed by atoms with Crippen molar-refractivity contribution in [2.24, 2.45) is 0 Å². The van der Waals surface area contributed by atoms with E-state index in [1.807, 2.05) is 18.7 Å². The number of rotatable bonds is 4. The Morgan fingerprint density at radius 1 is 1.38 bits per heavy atom. The highest BCUT2D eigenvalue weighted by Gasteiger charge is 2.34. The van der Waals surface area contributed by atoms with Crippen LogP contribution in [0.1, 0.15) is 31.4 Å². The summed E-state index contributed by atoms with van der Waals surface area (Å²) < 4.78 is 5.74. The fourth-order valence-electron chi connectivity index (χ4n) is 2.74. The van der Waals surface area contributed by atoms with E-state index in [-0.39, 0.29) is 18.6 Å². The van der Waals surface area contributed by atoms with Gasteiger partial charge in [-0.25, -0.2) is 0 Å². The van der Waals surface area contributed by atoms with Crippen LogP contribution < -0.4 is 0 Å². The molecule has 1 N–H and O–H groups in total. The topological polar surface area (TPSA) is 49.8 Å². The molecule has 1 heterocycles. The van der Waals surface area contributed by atoms with Gasteiger partial charge in [0, 0.05) is 19.5 Å². The lowest BCUT2D eigenvalue weighted by molar-refractivity contribution is -0.166. The molecule has 0 aromatic heterocycles. The molecule has 1 aliphatic heterocycles. The Balaban J connectivity index is 1.91. The van der Waals surface area contributed by atoms with Crippen LogP contribution in [0.25, 0.3) is 0 Å². The fourth-order valence-corrected chi connectivity index (χ4v) is 2.74. The predicted molar refractivity (Wildman–Crippen MR) is 82.1 cm³/mol. The van der Waals surface area contributed by atoms with Gasteiger partial charge in [-0.2, -0.15) is 0 Å². The van der Waals surface area contributed by atoms with Gasteiger partial charge in [0.1, 0.15) is 0 Å². The number of aliphatic hydroxyl groups excluding tert-OH is 1. The average Bonchev–Trinajstić information content (AvgIpc) is 2.44. The van der Waals surface area contributed by atoms with Crippen LogP contribution in [0.4, 0.5) is 0 Å². The molecule has 4 heteroatoms. The van der Waals surface area contributed by atoms with Gasteiger partial charge in [0.2, 0.25) is 5.91 Å². The lowest BCUT2D eigenvalue weighted by Gasteiger charge is -2.42. The Morgan fingerprint density at radius 2 is 2.05 bits per heavy atom. The lowest BCUT2D eigenvalue weighted by atomic mass is 10.0. The van der Waals surface area contributed by atoms with Crippen LogP contribution in [0.3, 0.4) is 0 Å². The minimum Gasteiger partial charge on any atom is -0.394 e. The summed E-state index contributed by atoms with van der Waals surface area (Å²) in [5.74, 6) is 0.130. The molecule has 21 heavy (non-hydrogen) atoms. The maximum atomic E-state index is 12.4. The first-order valence-electron chi connectivity index (χ1n) is 7.51. The Hall–Kier alpha value is -1.39. The smallest absolute Gasteiger partial charge is 0.223 e. The molecule has 1 unspecified atom stereocenters. The Bertz CT molecular complexity index is 481. The standard InChI is InChI=1S/C17H25NO3/c1-13-4-6-14(7-5-13)8-9-16(20)18-10-15(11-19)21-17(2,3)12-18/h4-7,15,19H,8-12H2,1-3H3. The predicted octanol–water partition coefficient (Wildman–Crippen LogP) is 1.93. The van der Waals surface area contributed by atoms with Gasteiger partial charge in [-0.15, -0.1) is 0 Å². The Labute approximate surface area is 126 Å². The summed E-state index contributed by atoms with van der Waals surface area (Å²) in [4.78, 5) is 14.2. The molecule has 2 rings (SSSR count). The zero-order valence-corrected chi connectivity index (χ0v) is 13.1. The van der Waals surface area contributed by atoms with Gasteiger partial charge in [0.25, 0.3) is 0 Å². The first-order chi connectivity index (χ1) is 9.89. The molecule has 4 nitrogen and oxygen atoms in total. The molecule has 1 atom stereocenters. The largest absolute Gasteiger partial charge is 0.394 e. The third-order valence-corrected chi connectivity index (χ3v) is 3.79. The van der Waals surface area contributed by atoms with Crippen molar-refractivity contribution >= 4 is 5.91 Å². The van der Waals surface area contributed by atoms with Crippen molar-refractivity contribution < 1.29 is 14.6 Å². The summed E-state index contributed by atoms with van der Waals surface area (Å²) in [5, 5.41) is 9.29. The molecule has 0 saturated carbocycles. The summed E-state index contributed by atoms with van der Waals surface area (Å²) in [7, 11) is 0. The molecule has 1 saturated heterocycles. The first kappa shape index (κ1) is 16.0. The number of nitrogens with zero attached hydrogens (tertiary/aromatic N) is 1. The maximum Gasteiger partial charge on any atom is 0.223 e. The second kappa shape index (κ2) is 6.58. The van der Waals surface area contributed by atoms with Crippen LogP contribution in [-0.4, -0.2) is 47.3 Å². The van der Waals surface area contributed by atoms with Crippen molar-refractivity contribution in [3.63, 3.8) is 0 Å². The number of hydrogen-bond acceptors (Lipinski definition) is 3. The second-order valence-corrected chi connectivity index (χ2v) is 6.44. The number of carbonyl (C=O) groups excluding carboxylic acids is 1. The van der Waals surface area contributed by atoms with Crippen molar-refractivity contribution in [1.82, 2.24) is 4.90 Å². The number of aliphatic hydroxyl groups is 1. The molecule has 1 amide bonds. The van der Waals surface area contributed by atoms with Crippen LogP contribution in [0.2, 0.25) is 0 Å². The fraction of sp³-hybridized carbons (Fsp3) is 0.588. The highest BCUT2D eigenvalue weighted by atomic mass is 16.5. The molecular formula is C17H25NO3. The summed E-state index contributed by atoms with van der Waals surface area (Å²) >= 11 is 0. The van der Waals surface area contributed by atoms with Gasteiger partial charge in [0.15, 0.2) is 0 Å². The summed E-state index contributed by atoms with van der Waals surface area (Å²) in [6, 6.07) is 8.28. The Kier molecular flexibility index (Phi) is 5.01. The van der Waals surface area contributed by atoms with E-state index < -0.39 is 5.60 Å². The number of hydrogen-bond donors (Lipinski definition) is 1. The van der Waals surface area contributed by atoms with Crippen LogP contribution in [-0.2, 0) is 16.0 Å². The van der Waals surface area contributed by atoms with Gasteiger partial charge in [-0.1, -0.05) is 29.8 Å². The number of amides is 1. The van der Waals surface area contributed by atoms with E-state index in [2.05, 4.69) is 31.2 Å². The molecular weight excluding hydrogens is 266 g/mol. The zero-order chi connectivity index (χ0) is 15.5. The van der Waals surface area contributed by atoms with Crippen molar-refractivity contribution in [2.45, 2.75) is 45.3 Å². The van der Waals surface area contributed by atoms with Gasteiger partial charge in [0.05, 0.1) is 18.3 Å². The van der Waals surface area contributed by atoms with Crippen LogP contribution in [0.5, 0.6) is 0 Å². The third-order valence-electron chi connectivity index (χ3n) is 3.79. The molecule has 116 valence electrons. The number of morpholine rings is 1. The first-order valence-corrected chi connectivity index (χ1v) is 7.51. The second-order valence-electron chi connectivity index (χ2n) is 6.44. The molecule has 0 aliphatic carbocycles. The zero-order valence-electron chi connectivity index (χ0n) is 13.1. The minimum absolute atomic E-state index is 0.0504. The number of benzene rings is 1. The average molecular weight is 291 g/mol. The monoisotopic (exact) mass is 291 g/mol. The van der Waals surface area contributed by atoms with Gasteiger partial charge in [-0.05, 0) is 32.8 Å². The molecule has 0 radical (unpaired) electrons. The molecule has 0 spiro atoms. The Morgan fingerprint density at radius 3 is 2.67 bits per heavy atom. The van der Waals surface area contributed by atoms with Crippen molar-refractivity contribution in [3.8, 4) is 0 Å². The van der Waals surface area contributed by atoms with Gasteiger partial charge >= 0.3 is 0 Å². The lowest BCUT2D eigenvalue weighted by Crippen LogP contribution is -2.55. The normalized spacial score (nSPS) is 21.3. The van der Waals surface area contributed by atoms with E-state index in [0.29, 0.717) is 19.5 Å². The summed E-state index contributed by atoms with van der Waals surface area (Å²) in [6.45, 7) is 6.97. The molecule has 1 fully saturated rings. The molecule has 1 aliphatic rings. The number of ether oxygens (including phenoxy) is 1. The van der Waals surface area contributed by atoms with E-state index in [0.717, 1.165) is 6.42 Å². The van der Waals surface area contributed by atoms with Crippen LogP contribution >= 0.6 is 0 Å². The van der Waals surface area contributed by atoms with E-state index in [4.69, 9.17) is 4.74 Å². The van der Waals surface area contributed by atoms with Crippen molar-refractivity contribution in [3.05, 3.63) is 35.4 Å². The molecule has 1 aromatic carbocycles. The minimum atomic E-state index is -0.398. The number of aryl methyl sites for hydroxylation is 2. The van der Waals surface area contributed by atoms with Gasteiger partial charge in [-0.3, -0.25) is 4.79 Å². The van der Waals surface area contributed by atoms with Crippen molar-refractivity contribution in [1.29, 1.82) is 0 Å². The van der Waals surface area contributed by atoms with Crippen LogP contribution in [0.15, 0.2) is 24.3 Å². The maximum absolute atomic E-state index is 12.4. The van der Waals surface area contributed by atoms with Crippen LogP contribution in [0, 0.1) is 6.92 Å². The highest BCUT2D eigenvalue weighted by molar-refractivity contribution is 5.76. The quantitative estimate of drug-likeness (QED) is 0.922. The number of carbonyl (C=O) groups is 1. The van der Waals surface area contributed by atoms with E-state index in [1.165, 1.54) is 11.1 Å². The molecule has 1 aromatic rings. The van der Waals surface area contributed by atoms with Crippen molar-refractivity contribution in [2.75, 3.05) is 19.7 Å².